The zero-order valence-electron chi connectivity index (χ0n) is 15.4. The van der Waals surface area contributed by atoms with E-state index in [1.807, 2.05) is 0 Å². The number of halogens is 3. The molecule has 0 fully saturated rings. The predicted octanol–water partition coefficient (Wildman–Crippen LogP) is 5.16. The maximum atomic E-state index is 12.3. The summed E-state index contributed by atoms with van der Waals surface area (Å²) in [6.07, 6.45) is 0. The molecule has 1 amide bonds. The number of ether oxygens (including phenoxy) is 2. The van der Waals surface area contributed by atoms with Crippen molar-refractivity contribution in [2.45, 2.75) is 0 Å². The molecule has 2 aromatic carbocycles. The molecule has 3 N–H and O–H groups in total. The molecule has 0 aliphatic carbocycles. The smallest absolute Gasteiger partial charge is 0.342 e. The molecule has 0 spiro atoms. The fourth-order valence-electron chi connectivity index (χ4n) is 2.38. The van der Waals surface area contributed by atoms with Crippen molar-refractivity contribution in [3.8, 4) is 17.0 Å². The average Bonchev–Trinajstić information content (AvgIpc) is 3.18. The molecule has 1 heterocycles. The number of carbonyl (C=O) groups excluding carboxylic acids is 2. The summed E-state index contributed by atoms with van der Waals surface area (Å²) in [5, 5.41) is 5.67. The molecule has 3 aromatic rings. The lowest BCUT2D eigenvalue weighted by molar-refractivity contribution is -0.119. The van der Waals surface area contributed by atoms with Crippen molar-refractivity contribution in [3.63, 3.8) is 0 Å². The third-order valence-corrected chi connectivity index (χ3v) is 5.66. The van der Waals surface area contributed by atoms with Crippen molar-refractivity contribution < 1.29 is 19.1 Å². The molecular formula is C19H14Cl3N3O4S. The predicted molar refractivity (Wildman–Crippen MR) is 119 cm³/mol. The molecule has 0 aliphatic rings. The molecule has 0 saturated heterocycles. The Bertz CT molecular complexity index is 1120. The largest absolute Gasteiger partial charge is 0.496 e. The fraction of sp³-hybridized carbons (Fsp3) is 0.105. The number of anilines is 2. The number of hydrogen-bond acceptors (Lipinski definition) is 7. The van der Waals surface area contributed by atoms with E-state index in [-0.39, 0.29) is 22.0 Å². The van der Waals surface area contributed by atoms with Crippen LogP contribution in [0.3, 0.4) is 0 Å². The van der Waals surface area contributed by atoms with Crippen LogP contribution >= 0.6 is 46.1 Å². The van der Waals surface area contributed by atoms with Crippen molar-refractivity contribution in [2.24, 2.45) is 0 Å². The highest BCUT2D eigenvalue weighted by molar-refractivity contribution is 7.14. The third kappa shape index (κ3) is 5.14. The summed E-state index contributed by atoms with van der Waals surface area (Å²) in [4.78, 5) is 28.7. The minimum atomic E-state index is -0.778. The molecule has 3 rings (SSSR count). The number of amides is 1. The van der Waals surface area contributed by atoms with Gasteiger partial charge in [-0.2, -0.15) is 0 Å². The molecule has 156 valence electrons. The van der Waals surface area contributed by atoms with Crippen LogP contribution in [0.5, 0.6) is 5.75 Å². The Morgan fingerprint density at radius 2 is 1.90 bits per heavy atom. The lowest BCUT2D eigenvalue weighted by atomic mass is 10.2. The SMILES string of the molecule is COc1cc(N)c(Cl)cc1C(=O)OCC(=O)Nc1nc(-c2ccc(Cl)c(Cl)c2)cs1. The van der Waals surface area contributed by atoms with Gasteiger partial charge in [-0.05, 0) is 18.2 Å². The molecule has 0 bridgehead atoms. The van der Waals surface area contributed by atoms with Crippen LogP contribution in [0.25, 0.3) is 11.3 Å². The minimum absolute atomic E-state index is 0.0562. The van der Waals surface area contributed by atoms with Crippen molar-refractivity contribution in [1.82, 2.24) is 4.98 Å². The van der Waals surface area contributed by atoms with Gasteiger partial charge in [0.25, 0.3) is 5.91 Å². The van der Waals surface area contributed by atoms with Crippen LogP contribution in [0.4, 0.5) is 10.8 Å². The molecule has 0 radical (unpaired) electrons. The Hall–Kier alpha value is -2.52. The Kier molecular flexibility index (Phi) is 7.04. The van der Waals surface area contributed by atoms with Crippen LogP contribution in [-0.4, -0.2) is 30.6 Å². The quantitative estimate of drug-likeness (QED) is 0.368. The number of esters is 1. The molecule has 0 aliphatic heterocycles. The van der Waals surface area contributed by atoms with E-state index in [1.165, 1.54) is 30.6 Å². The van der Waals surface area contributed by atoms with Gasteiger partial charge in [0.15, 0.2) is 11.7 Å². The van der Waals surface area contributed by atoms with E-state index in [4.69, 9.17) is 50.0 Å². The van der Waals surface area contributed by atoms with Gasteiger partial charge >= 0.3 is 5.97 Å². The highest BCUT2D eigenvalue weighted by Gasteiger charge is 2.18. The van der Waals surface area contributed by atoms with Crippen LogP contribution in [0, 0.1) is 0 Å². The van der Waals surface area contributed by atoms with Gasteiger partial charge in [-0.15, -0.1) is 11.3 Å². The monoisotopic (exact) mass is 485 g/mol. The van der Waals surface area contributed by atoms with Gasteiger partial charge < -0.3 is 15.2 Å². The highest BCUT2D eigenvalue weighted by Crippen LogP contribution is 2.31. The summed E-state index contributed by atoms with van der Waals surface area (Å²) in [5.74, 6) is -1.15. The topological polar surface area (TPSA) is 104 Å². The van der Waals surface area contributed by atoms with Crippen LogP contribution in [0.2, 0.25) is 15.1 Å². The summed E-state index contributed by atoms with van der Waals surface area (Å²) < 4.78 is 10.1. The number of thiazole rings is 1. The van der Waals surface area contributed by atoms with Gasteiger partial charge in [0, 0.05) is 17.0 Å². The fourth-order valence-corrected chi connectivity index (χ4v) is 3.58. The Balaban J connectivity index is 1.61. The van der Waals surface area contributed by atoms with Crippen LogP contribution in [0.15, 0.2) is 35.7 Å². The number of nitrogens with zero attached hydrogens (tertiary/aromatic N) is 1. The van der Waals surface area contributed by atoms with Crippen molar-refractivity contribution in [3.05, 3.63) is 56.3 Å². The first-order chi connectivity index (χ1) is 14.3. The molecule has 0 unspecified atom stereocenters. The second-order valence-electron chi connectivity index (χ2n) is 5.87. The lowest BCUT2D eigenvalue weighted by Gasteiger charge is -2.10. The first kappa shape index (κ1) is 22.2. The van der Waals surface area contributed by atoms with E-state index in [1.54, 1.807) is 23.6 Å². The van der Waals surface area contributed by atoms with Gasteiger partial charge in [0.1, 0.15) is 11.3 Å². The van der Waals surface area contributed by atoms with Gasteiger partial charge in [0.05, 0.1) is 33.6 Å². The summed E-state index contributed by atoms with van der Waals surface area (Å²) >= 11 is 19.1. The number of benzene rings is 2. The molecular weight excluding hydrogens is 473 g/mol. The lowest BCUT2D eigenvalue weighted by Crippen LogP contribution is -2.21. The Morgan fingerprint density at radius 1 is 1.13 bits per heavy atom. The number of aromatic nitrogens is 1. The second kappa shape index (κ2) is 9.53. The zero-order valence-corrected chi connectivity index (χ0v) is 18.5. The van der Waals surface area contributed by atoms with Crippen LogP contribution < -0.4 is 15.8 Å². The highest BCUT2D eigenvalue weighted by atomic mass is 35.5. The normalized spacial score (nSPS) is 10.5. The Labute approximate surface area is 190 Å². The third-order valence-electron chi connectivity index (χ3n) is 3.84. The van der Waals surface area contributed by atoms with E-state index in [2.05, 4.69) is 10.3 Å². The molecule has 1 aromatic heterocycles. The molecule has 7 nitrogen and oxygen atoms in total. The first-order valence-electron chi connectivity index (χ1n) is 8.29. The standard InChI is InChI=1S/C19H14Cl3N3O4S/c1-28-16-6-14(23)13(22)5-10(16)18(27)29-7-17(26)25-19-24-15(8-30-19)9-2-3-11(20)12(21)4-9/h2-6,8H,7,23H2,1H3,(H,24,25,26). The molecule has 30 heavy (non-hydrogen) atoms. The number of nitrogens with one attached hydrogen (secondary N) is 1. The van der Waals surface area contributed by atoms with Crippen molar-refractivity contribution in [2.75, 3.05) is 24.8 Å². The minimum Gasteiger partial charge on any atom is -0.496 e. The first-order valence-corrected chi connectivity index (χ1v) is 10.3. The Morgan fingerprint density at radius 3 is 2.60 bits per heavy atom. The van der Waals surface area contributed by atoms with E-state index in [9.17, 15) is 9.59 Å². The maximum absolute atomic E-state index is 12.3. The number of nitrogens with two attached hydrogens (primary N) is 1. The second-order valence-corrected chi connectivity index (χ2v) is 7.94. The van der Waals surface area contributed by atoms with E-state index >= 15 is 0 Å². The summed E-state index contributed by atoms with van der Waals surface area (Å²) in [5.41, 5.74) is 7.36. The van der Waals surface area contributed by atoms with Gasteiger partial charge in [-0.1, -0.05) is 40.9 Å². The van der Waals surface area contributed by atoms with Crippen molar-refractivity contribution in [1.29, 1.82) is 0 Å². The number of carbonyl (C=O) groups is 2. The molecule has 0 saturated carbocycles. The van der Waals surface area contributed by atoms with Crippen LogP contribution in [0.1, 0.15) is 10.4 Å². The molecule has 0 atom stereocenters. The maximum Gasteiger partial charge on any atom is 0.342 e. The van der Waals surface area contributed by atoms with E-state index in [0.29, 0.717) is 20.9 Å². The summed E-state index contributed by atoms with van der Waals surface area (Å²) in [6.45, 7) is -0.522. The summed E-state index contributed by atoms with van der Waals surface area (Å²) in [6, 6.07) is 7.83. The summed E-state index contributed by atoms with van der Waals surface area (Å²) in [7, 11) is 1.38. The number of rotatable bonds is 6. The number of hydrogen-bond donors (Lipinski definition) is 2. The van der Waals surface area contributed by atoms with E-state index in [0.717, 1.165) is 5.56 Å². The van der Waals surface area contributed by atoms with Gasteiger partial charge in [0.2, 0.25) is 0 Å². The van der Waals surface area contributed by atoms with Crippen LogP contribution in [-0.2, 0) is 9.53 Å². The van der Waals surface area contributed by atoms with Crippen molar-refractivity contribution >= 4 is 68.8 Å². The van der Waals surface area contributed by atoms with E-state index < -0.39 is 18.5 Å². The average molecular weight is 487 g/mol. The zero-order chi connectivity index (χ0) is 21.8. The van der Waals surface area contributed by atoms with Gasteiger partial charge in [-0.25, -0.2) is 9.78 Å². The van der Waals surface area contributed by atoms with Gasteiger partial charge in [-0.3, -0.25) is 10.1 Å². The molecule has 11 heteroatoms. The number of methoxy groups -OCH3 is 1. The number of nitrogen functional groups attached to an aromatic ring is 1.